The van der Waals surface area contributed by atoms with E-state index in [2.05, 4.69) is 15.3 Å². The van der Waals surface area contributed by atoms with E-state index in [4.69, 9.17) is 0 Å². The molecule has 3 rings (SSSR count). The van der Waals surface area contributed by atoms with Crippen LogP contribution >= 0.6 is 0 Å². The number of hydrogen-bond acceptors (Lipinski definition) is 4. The van der Waals surface area contributed by atoms with Gasteiger partial charge >= 0.3 is 0 Å². The van der Waals surface area contributed by atoms with Crippen molar-refractivity contribution >= 4 is 22.5 Å². The lowest BCUT2D eigenvalue weighted by molar-refractivity contribution is -0.867. The maximum absolute atomic E-state index is 11.8. The van der Waals surface area contributed by atoms with Crippen LogP contribution in [0.25, 0.3) is 16.6 Å². The SMILES string of the molecule is C[NH+](CC(=O)NC1CC1)C/C(O)=C(\C#N)c1nc2ccccc2[nH]1. The topological polar surface area (TPSA) is 106 Å². The Kier molecular flexibility index (Phi) is 4.49. The second-order valence-corrected chi connectivity index (χ2v) is 6.19. The summed E-state index contributed by atoms with van der Waals surface area (Å²) in [6.07, 6.45) is 2.08. The first-order chi connectivity index (χ1) is 11.6. The molecule has 24 heavy (non-hydrogen) atoms. The molecule has 1 fully saturated rings. The molecule has 7 nitrogen and oxygen atoms in total. The number of amides is 1. The molecule has 4 N–H and O–H groups in total. The molecule has 124 valence electrons. The smallest absolute Gasteiger partial charge is 0.275 e. The van der Waals surface area contributed by atoms with Gasteiger partial charge in [-0.3, -0.25) is 4.79 Å². The fourth-order valence-electron chi connectivity index (χ4n) is 2.54. The summed E-state index contributed by atoms with van der Waals surface area (Å²) in [5.41, 5.74) is 1.64. The first-order valence-corrected chi connectivity index (χ1v) is 7.95. The molecule has 2 aromatic rings. The molecule has 1 unspecified atom stereocenters. The van der Waals surface area contributed by atoms with E-state index in [1.165, 1.54) is 0 Å². The molecule has 1 amide bonds. The minimum atomic E-state index is -0.0757. The number of rotatable bonds is 6. The van der Waals surface area contributed by atoms with Gasteiger partial charge in [0, 0.05) is 6.04 Å². The van der Waals surface area contributed by atoms with Crippen LogP contribution in [0.3, 0.4) is 0 Å². The molecule has 0 aliphatic heterocycles. The summed E-state index contributed by atoms with van der Waals surface area (Å²) in [7, 11) is 1.80. The van der Waals surface area contributed by atoms with Crippen LogP contribution < -0.4 is 10.2 Å². The average molecular weight is 326 g/mol. The lowest BCUT2D eigenvalue weighted by atomic mass is 10.2. The number of nitrogens with zero attached hydrogens (tertiary/aromatic N) is 2. The van der Waals surface area contributed by atoms with Crippen LogP contribution in [-0.2, 0) is 4.79 Å². The number of aliphatic hydroxyl groups is 1. The van der Waals surface area contributed by atoms with Gasteiger partial charge in [-0.05, 0) is 25.0 Å². The number of aromatic amines is 1. The number of hydrogen-bond donors (Lipinski definition) is 4. The van der Waals surface area contributed by atoms with E-state index in [-0.39, 0.29) is 30.3 Å². The number of aromatic nitrogens is 2. The van der Waals surface area contributed by atoms with E-state index in [1.807, 2.05) is 30.3 Å². The molecule has 7 heteroatoms. The maximum Gasteiger partial charge on any atom is 0.275 e. The summed E-state index contributed by atoms with van der Waals surface area (Å²) in [6, 6.07) is 9.75. The zero-order valence-corrected chi connectivity index (χ0v) is 13.5. The van der Waals surface area contributed by atoms with Gasteiger partial charge in [0.1, 0.15) is 18.2 Å². The van der Waals surface area contributed by atoms with Crippen LogP contribution in [0.2, 0.25) is 0 Å². The Morgan fingerprint density at radius 1 is 1.46 bits per heavy atom. The fraction of sp³-hybridized carbons (Fsp3) is 0.353. The second kappa shape index (κ2) is 6.72. The summed E-state index contributed by atoms with van der Waals surface area (Å²) in [5.74, 6) is 0.227. The molecule has 1 aromatic carbocycles. The number of carbonyl (C=O) groups is 1. The van der Waals surface area contributed by atoms with E-state index in [9.17, 15) is 15.2 Å². The van der Waals surface area contributed by atoms with Crippen molar-refractivity contribution in [1.29, 1.82) is 5.26 Å². The van der Waals surface area contributed by atoms with Gasteiger partial charge in [-0.25, -0.2) is 4.98 Å². The van der Waals surface area contributed by atoms with Crippen LogP contribution in [0.1, 0.15) is 18.7 Å². The molecule has 1 atom stereocenters. The van der Waals surface area contributed by atoms with E-state index >= 15 is 0 Å². The Morgan fingerprint density at radius 3 is 2.88 bits per heavy atom. The zero-order valence-electron chi connectivity index (χ0n) is 13.5. The molecule has 1 aromatic heterocycles. The average Bonchev–Trinajstić information content (AvgIpc) is 3.23. The molecule has 0 saturated heterocycles. The van der Waals surface area contributed by atoms with E-state index in [0.29, 0.717) is 11.9 Å². The summed E-state index contributed by atoms with van der Waals surface area (Å²) in [5, 5.41) is 22.6. The van der Waals surface area contributed by atoms with Crippen LogP contribution in [0.4, 0.5) is 0 Å². The van der Waals surface area contributed by atoms with Crippen LogP contribution in [0.5, 0.6) is 0 Å². The van der Waals surface area contributed by atoms with Gasteiger partial charge in [0.15, 0.2) is 18.1 Å². The van der Waals surface area contributed by atoms with Crippen LogP contribution in [0.15, 0.2) is 30.0 Å². The van der Waals surface area contributed by atoms with E-state index in [0.717, 1.165) is 28.8 Å². The third-order valence-electron chi connectivity index (χ3n) is 3.90. The summed E-state index contributed by atoms with van der Waals surface area (Å²) < 4.78 is 0. The number of likely N-dealkylation sites (N-methyl/N-ethyl adjacent to an activating group) is 1. The highest BCUT2D eigenvalue weighted by Crippen LogP contribution is 2.18. The van der Waals surface area contributed by atoms with Gasteiger partial charge in [-0.1, -0.05) is 12.1 Å². The van der Waals surface area contributed by atoms with Crippen molar-refractivity contribution in [2.24, 2.45) is 0 Å². The van der Waals surface area contributed by atoms with Crippen LogP contribution in [-0.4, -0.2) is 47.2 Å². The Hall–Kier alpha value is -2.85. The van der Waals surface area contributed by atoms with E-state index < -0.39 is 0 Å². The Bertz CT molecular complexity index is 796. The molecule has 1 saturated carbocycles. The third-order valence-corrected chi connectivity index (χ3v) is 3.90. The maximum atomic E-state index is 11.8. The third kappa shape index (κ3) is 3.73. The van der Waals surface area contributed by atoms with Crippen molar-refractivity contribution in [1.82, 2.24) is 15.3 Å². The quantitative estimate of drug-likeness (QED) is 0.448. The number of imidazole rings is 1. The molecule has 0 radical (unpaired) electrons. The molecule has 1 aliphatic rings. The standard InChI is InChI=1S/C17H19N5O2/c1-22(10-16(24)19-11-6-7-11)9-15(23)12(8-18)17-20-13-4-2-3-5-14(13)21-17/h2-5,11,23H,6-7,9-10H2,1H3,(H,19,24)(H,20,21)/p+1/b15-12-. The van der Waals surface area contributed by atoms with Gasteiger partial charge in [0.05, 0.1) is 18.1 Å². The molecular weight excluding hydrogens is 306 g/mol. The molecule has 0 spiro atoms. The summed E-state index contributed by atoms with van der Waals surface area (Å²) in [6.45, 7) is 0.428. The highest BCUT2D eigenvalue weighted by molar-refractivity contribution is 5.82. The predicted molar refractivity (Wildman–Crippen MR) is 89.0 cm³/mol. The van der Waals surface area contributed by atoms with Crippen LogP contribution in [0, 0.1) is 11.3 Å². The number of nitrogens with one attached hydrogen (secondary N) is 3. The van der Waals surface area contributed by atoms with Gasteiger partial charge in [-0.15, -0.1) is 0 Å². The minimum absolute atomic E-state index is 0.0370. The Labute approximate surface area is 139 Å². The number of quaternary nitrogens is 1. The molecule has 0 bridgehead atoms. The molecule has 1 heterocycles. The van der Waals surface area contributed by atoms with Crippen molar-refractivity contribution in [3.63, 3.8) is 0 Å². The minimum Gasteiger partial charge on any atom is -0.506 e. The number of nitriles is 1. The fourth-order valence-corrected chi connectivity index (χ4v) is 2.54. The van der Waals surface area contributed by atoms with Gasteiger partial charge in [-0.2, -0.15) is 5.26 Å². The largest absolute Gasteiger partial charge is 0.506 e. The number of fused-ring (bicyclic) bond motifs is 1. The lowest BCUT2D eigenvalue weighted by Crippen LogP contribution is -3.10. The number of allylic oxidation sites excluding steroid dienone is 1. The zero-order chi connectivity index (χ0) is 17.1. The summed E-state index contributed by atoms with van der Waals surface area (Å²) in [4.78, 5) is 20.0. The van der Waals surface area contributed by atoms with Crippen molar-refractivity contribution in [3.8, 4) is 6.07 Å². The van der Waals surface area contributed by atoms with Crippen molar-refractivity contribution in [2.45, 2.75) is 18.9 Å². The van der Waals surface area contributed by atoms with Crippen molar-refractivity contribution in [2.75, 3.05) is 20.1 Å². The predicted octanol–water partition coefficient (Wildman–Crippen LogP) is 0.149. The monoisotopic (exact) mass is 326 g/mol. The number of para-hydroxylation sites is 2. The van der Waals surface area contributed by atoms with Gasteiger partial charge < -0.3 is 20.3 Å². The summed E-state index contributed by atoms with van der Waals surface area (Å²) >= 11 is 0. The Morgan fingerprint density at radius 2 is 2.21 bits per heavy atom. The van der Waals surface area contributed by atoms with Crippen molar-refractivity contribution < 1.29 is 14.8 Å². The number of aliphatic hydroxyl groups excluding tert-OH is 1. The number of carbonyl (C=O) groups excluding carboxylic acids is 1. The number of H-pyrrole nitrogens is 1. The highest BCUT2D eigenvalue weighted by atomic mass is 16.3. The lowest BCUT2D eigenvalue weighted by Gasteiger charge is -2.13. The molecule has 1 aliphatic carbocycles. The number of benzene rings is 1. The second-order valence-electron chi connectivity index (χ2n) is 6.19. The first-order valence-electron chi connectivity index (χ1n) is 7.95. The molecular formula is C17H20N5O2+. The van der Waals surface area contributed by atoms with Crippen molar-refractivity contribution in [3.05, 3.63) is 35.8 Å². The van der Waals surface area contributed by atoms with Gasteiger partial charge in [0.25, 0.3) is 5.91 Å². The normalized spacial score (nSPS) is 16.3. The first kappa shape index (κ1) is 16.0. The van der Waals surface area contributed by atoms with Gasteiger partial charge in [0.2, 0.25) is 0 Å². The van der Waals surface area contributed by atoms with E-state index in [1.54, 1.807) is 7.05 Å². The highest BCUT2D eigenvalue weighted by Gasteiger charge is 2.25. The Balaban J connectivity index is 1.72.